The molecule has 0 saturated heterocycles. The summed E-state index contributed by atoms with van der Waals surface area (Å²) < 4.78 is 85.0. The minimum atomic E-state index is -4.82. The Balaban J connectivity index is 1.52. The van der Waals surface area contributed by atoms with E-state index in [1.165, 1.54) is 66.2 Å². The smallest absolute Gasteiger partial charge is 0.383 e. The highest BCUT2D eigenvalue weighted by Crippen LogP contribution is 2.37. The van der Waals surface area contributed by atoms with Gasteiger partial charge in [0.1, 0.15) is 22.8 Å². The summed E-state index contributed by atoms with van der Waals surface area (Å²) in [6.07, 6.45) is -3.49. The molecule has 2 heterocycles. The summed E-state index contributed by atoms with van der Waals surface area (Å²) in [5, 5.41) is 4.65. The van der Waals surface area contributed by atoms with Crippen LogP contribution in [0, 0.1) is 5.82 Å². The number of anilines is 3. The first kappa shape index (κ1) is 27.9. The maximum absolute atomic E-state index is 14.4. The summed E-state index contributed by atoms with van der Waals surface area (Å²) in [5.74, 6) is -0.937. The van der Waals surface area contributed by atoms with E-state index in [9.17, 15) is 30.8 Å². The number of hydrogen-bond donors (Lipinski definition) is 2. The third-order valence-electron chi connectivity index (χ3n) is 5.74. The lowest BCUT2D eigenvalue weighted by atomic mass is 10.1. The normalized spacial score (nSPS) is 11.9. The molecule has 41 heavy (non-hydrogen) atoms. The fourth-order valence-electron chi connectivity index (χ4n) is 3.77. The van der Waals surface area contributed by atoms with Crippen molar-refractivity contribution in [2.75, 3.05) is 16.1 Å². The predicted molar refractivity (Wildman–Crippen MR) is 145 cm³/mol. The molecule has 0 unspecified atom stereocenters. The highest BCUT2D eigenvalue weighted by Gasteiger charge is 2.32. The molecule has 0 fully saturated rings. The number of nitrogen functional groups attached to an aromatic ring is 1. The van der Waals surface area contributed by atoms with Crippen LogP contribution in [0.15, 0.2) is 89.4 Å². The number of benzene rings is 3. The van der Waals surface area contributed by atoms with Gasteiger partial charge in [0.2, 0.25) is 0 Å². The van der Waals surface area contributed by atoms with E-state index in [4.69, 9.17) is 10.0 Å². The van der Waals surface area contributed by atoms with Gasteiger partial charge in [-0.15, -0.1) is 15.6 Å². The molecule has 15 heteroatoms. The molecule has 0 atom stereocenters. The average molecular weight is 604 g/mol. The first-order valence-electron chi connectivity index (χ1n) is 11.5. The van der Waals surface area contributed by atoms with Gasteiger partial charge in [0.25, 0.3) is 0 Å². The number of urea groups is 1. The molecule has 5 aromatic rings. The van der Waals surface area contributed by atoms with Gasteiger partial charge in [-0.2, -0.15) is 26.7 Å². The Hall–Kier alpha value is -4.60. The Labute approximate surface area is 233 Å². The zero-order valence-electron chi connectivity index (χ0n) is 20.5. The third kappa shape index (κ3) is 5.82. The van der Waals surface area contributed by atoms with Crippen LogP contribution in [0.1, 0.15) is 5.56 Å². The molecular formula is C26H17F4N5O4S2. The number of carbonyl (C=O) groups is 1. The SMILES string of the molecule is Nc1ncnc2scc(-c3ccc(N(OS(=O)(=O)c4ccccc4)C(=O)Nc4cc(C(F)(F)F)ccc4F)cc3)c12. The van der Waals surface area contributed by atoms with E-state index in [1.54, 1.807) is 11.4 Å². The molecule has 0 aliphatic rings. The topological polar surface area (TPSA) is 128 Å². The first-order valence-corrected chi connectivity index (χ1v) is 13.8. The molecular weight excluding hydrogens is 586 g/mol. The van der Waals surface area contributed by atoms with Crippen LogP contribution in [0.2, 0.25) is 0 Å². The number of halogens is 4. The molecule has 210 valence electrons. The second-order valence-electron chi connectivity index (χ2n) is 8.39. The van der Waals surface area contributed by atoms with Crippen molar-refractivity contribution in [2.45, 2.75) is 11.1 Å². The van der Waals surface area contributed by atoms with Crippen LogP contribution in [0.4, 0.5) is 39.5 Å². The van der Waals surface area contributed by atoms with Crippen molar-refractivity contribution in [3.05, 3.63) is 95.9 Å². The Morgan fingerprint density at radius 3 is 2.39 bits per heavy atom. The number of aromatic nitrogens is 2. The Kier molecular flexibility index (Phi) is 7.33. The first-order chi connectivity index (χ1) is 19.4. The number of hydrogen-bond acceptors (Lipinski definition) is 8. The van der Waals surface area contributed by atoms with Crippen molar-refractivity contribution in [3.63, 3.8) is 0 Å². The van der Waals surface area contributed by atoms with Crippen LogP contribution in [0.25, 0.3) is 21.3 Å². The lowest BCUT2D eigenvalue weighted by molar-refractivity contribution is -0.137. The number of nitrogens with zero attached hydrogens (tertiary/aromatic N) is 3. The molecule has 0 radical (unpaired) electrons. The molecule has 9 nitrogen and oxygen atoms in total. The van der Waals surface area contributed by atoms with Gasteiger partial charge in [-0.1, -0.05) is 30.3 Å². The van der Waals surface area contributed by atoms with E-state index >= 15 is 0 Å². The van der Waals surface area contributed by atoms with Crippen molar-refractivity contribution in [1.82, 2.24) is 9.97 Å². The van der Waals surface area contributed by atoms with E-state index in [0.717, 1.165) is 0 Å². The van der Waals surface area contributed by atoms with Gasteiger partial charge in [0, 0.05) is 10.9 Å². The number of alkyl halides is 3. The van der Waals surface area contributed by atoms with Crippen molar-refractivity contribution in [3.8, 4) is 11.1 Å². The summed E-state index contributed by atoms with van der Waals surface area (Å²) in [7, 11) is -4.61. The van der Waals surface area contributed by atoms with E-state index in [2.05, 4.69) is 9.97 Å². The third-order valence-corrected chi connectivity index (χ3v) is 7.82. The highest BCUT2D eigenvalue weighted by atomic mass is 32.2. The molecule has 0 aliphatic heterocycles. The van der Waals surface area contributed by atoms with Crippen LogP contribution < -0.4 is 16.1 Å². The van der Waals surface area contributed by atoms with E-state index in [1.807, 2.05) is 5.32 Å². The van der Waals surface area contributed by atoms with Gasteiger partial charge in [0.15, 0.2) is 0 Å². The number of thiophene rings is 1. The molecule has 0 aliphatic carbocycles. The second kappa shape index (κ2) is 10.8. The molecule has 0 saturated carbocycles. The van der Waals surface area contributed by atoms with Crippen LogP contribution in [0.5, 0.6) is 0 Å². The highest BCUT2D eigenvalue weighted by molar-refractivity contribution is 7.86. The minimum Gasteiger partial charge on any atom is -0.383 e. The lowest BCUT2D eigenvalue weighted by Gasteiger charge is -2.22. The van der Waals surface area contributed by atoms with Crippen molar-refractivity contribution in [1.29, 1.82) is 0 Å². The molecule has 2 amide bonds. The quantitative estimate of drug-likeness (QED) is 0.169. The fourth-order valence-corrected chi connectivity index (χ4v) is 5.62. The summed E-state index contributed by atoms with van der Waals surface area (Å²) in [6.45, 7) is 0. The summed E-state index contributed by atoms with van der Waals surface area (Å²) in [4.78, 5) is 21.7. The van der Waals surface area contributed by atoms with Gasteiger partial charge >= 0.3 is 22.3 Å². The zero-order chi connectivity index (χ0) is 29.4. The van der Waals surface area contributed by atoms with Crippen molar-refractivity contribution in [2.24, 2.45) is 0 Å². The Bertz CT molecular complexity index is 1850. The number of nitrogens with one attached hydrogen (secondary N) is 1. The maximum atomic E-state index is 14.4. The molecule has 3 aromatic carbocycles. The van der Waals surface area contributed by atoms with Gasteiger partial charge in [-0.25, -0.2) is 19.2 Å². The second-order valence-corrected chi connectivity index (χ2v) is 10.8. The standard InChI is InChI=1S/C26H17F4N5O4S2/c27-20-11-8-16(26(28,29)30)12-21(20)34-25(36)35(39-41(37,38)18-4-2-1-3-5-18)17-9-6-15(7-10-17)19-13-40-24-22(19)23(31)32-14-33-24/h1-14H,(H,34,36)(H2,31,32,33). The van der Waals surface area contributed by atoms with Crippen molar-refractivity contribution >= 4 is 54.9 Å². The number of rotatable bonds is 6. The van der Waals surface area contributed by atoms with Gasteiger partial charge in [0.05, 0.1) is 27.2 Å². The van der Waals surface area contributed by atoms with E-state index < -0.39 is 39.4 Å². The minimum absolute atomic E-state index is 0.137. The zero-order valence-corrected chi connectivity index (χ0v) is 22.1. The largest absolute Gasteiger partial charge is 0.416 e. The average Bonchev–Trinajstić information content (AvgIpc) is 3.38. The lowest BCUT2D eigenvalue weighted by Crippen LogP contribution is -2.37. The number of amides is 2. The Morgan fingerprint density at radius 1 is 1.00 bits per heavy atom. The molecule has 5 rings (SSSR count). The van der Waals surface area contributed by atoms with Gasteiger partial charge in [-0.3, -0.25) is 0 Å². The van der Waals surface area contributed by atoms with Gasteiger partial charge < -0.3 is 11.1 Å². The van der Waals surface area contributed by atoms with Crippen LogP contribution >= 0.6 is 11.3 Å². The summed E-state index contributed by atoms with van der Waals surface area (Å²) in [5.41, 5.74) is 5.09. The Morgan fingerprint density at radius 2 is 1.71 bits per heavy atom. The number of hydroxylamine groups is 1. The monoisotopic (exact) mass is 603 g/mol. The molecule has 0 bridgehead atoms. The fraction of sp³-hybridized carbons (Fsp3) is 0.0385. The van der Waals surface area contributed by atoms with Crippen molar-refractivity contribution < 1.29 is 35.1 Å². The summed E-state index contributed by atoms with van der Waals surface area (Å²) in [6, 6.07) is 12.6. The number of fused-ring (bicyclic) bond motifs is 1. The maximum Gasteiger partial charge on any atom is 0.416 e. The molecule has 0 spiro atoms. The molecule has 2 aromatic heterocycles. The van der Waals surface area contributed by atoms with Crippen LogP contribution in [-0.2, 0) is 20.6 Å². The number of nitrogens with two attached hydrogens (primary N) is 1. The van der Waals surface area contributed by atoms with Gasteiger partial charge in [-0.05, 0) is 48.0 Å². The summed E-state index contributed by atoms with van der Waals surface area (Å²) >= 11 is 1.32. The predicted octanol–water partition coefficient (Wildman–Crippen LogP) is 6.46. The molecule has 3 N–H and O–H groups in total. The van der Waals surface area contributed by atoms with E-state index in [-0.39, 0.29) is 16.4 Å². The van der Waals surface area contributed by atoms with Crippen LogP contribution in [0.3, 0.4) is 0 Å². The number of carbonyl (C=O) groups excluding carboxylic acids is 1. The van der Waals surface area contributed by atoms with Crippen LogP contribution in [-0.4, -0.2) is 24.4 Å². The van der Waals surface area contributed by atoms with E-state index in [0.29, 0.717) is 44.6 Å².